The number of hydrogen-bond donors (Lipinski definition) is 1. The highest BCUT2D eigenvalue weighted by Crippen LogP contribution is 2.38. The Morgan fingerprint density at radius 2 is 2.19 bits per heavy atom. The molecular formula is C20H24N2O4. The SMILES string of the molecule is C=CCOc1cccc([C@@H]2NC(=O)N(C3CC3)C(C)=C2C(=O)OCC)c1. The normalized spacial score (nSPS) is 19.8. The molecule has 0 spiro atoms. The molecule has 138 valence electrons. The van der Waals surface area contributed by atoms with Crippen molar-refractivity contribution < 1.29 is 19.1 Å². The van der Waals surface area contributed by atoms with E-state index in [4.69, 9.17) is 9.47 Å². The predicted molar refractivity (Wildman–Crippen MR) is 97.6 cm³/mol. The Morgan fingerprint density at radius 1 is 1.42 bits per heavy atom. The molecule has 1 heterocycles. The van der Waals surface area contributed by atoms with Crippen LogP contribution in [-0.2, 0) is 9.53 Å². The Balaban J connectivity index is 1.99. The van der Waals surface area contributed by atoms with Gasteiger partial charge in [0.2, 0.25) is 0 Å². The van der Waals surface area contributed by atoms with Gasteiger partial charge in [-0.3, -0.25) is 4.90 Å². The molecule has 0 aromatic heterocycles. The highest BCUT2D eigenvalue weighted by atomic mass is 16.5. The highest BCUT2D eigenvalue weighted by molar-refractivity contribution is 5.95. The largest absolute Gasteiger partial charge is 0.490 e. The first-order chi connectivity index (χ1) is 12.6. The fraction of sp³-hybridized carbons (Fsp3) is 0.400. The lowest BCUT2D eigenvalue weighted by Gasteiger charge is -2.35. The van der Waals surface area contributed by atoms with Crippen molar-refractivity contribution in [3.8, 4) is 5.75 Å². The molecule has 2 amide bonds. The van der Waals surface area contributed by atoms with E-state index >= 15 is 0 Å². The fourth-order valence-corrected chi connectivity index (χ4v) is 3.19. The van der Waals surface area contributed by atoms with E-state index in [0.29, 0.717) is 23.6 Å². The van der Waals surface area contributed by atoms with E-state index in [0.717, 1.165) is 18.4 Å². The van der Waals surface area contributed by atoms with Gasteiger partial charge in [-0.2, -0.15) is 0 Å². The number of urea groups is 1. The molecule has 2 aliphatic rings. The van der Waals surface area contributed by atoms with E-state index in [1.165, 1.54) is 0 Å². The maximum absolute atomic E-state index is 12.6. The Kier molecular flexibility index (Phi) is 5.30. The molecule has 0 unspecified atom stereocenters. The number of carbonyl (C=O) groups is 2. The second kappa shape index (κ2) is 7.64. The van der Waals surface area contributed by atoms with Crippen molar-refractivity contribution >= 4 is 12.0 Å². The maximum Gasteiger partial charge on any atom is 0.338 e. The van der Waals surface area contributed by atoms with E-state index < -0.39 is 12.0 Å². The number of esters is 1. The number of nitrogens with one attached hydrogen (secondary N) is 1. The third-order valence-electron chi connectivity index (χ3n) is 4.49. The monoisotopic (exact) mass is 356 g/mol. The van der Waals surface area contributed by atoms with Crippen molar-refractivity contribution in [2.24, 2.45) is 0 Å². The molecule has 6 nitrogen and oxygen atoms in total. The number of benzene rings is 1. The first-order valence-electron chi connectivity index (χ1n) is 8.88. The summed E-state index contributed by atoms with van der Waals surface area (Å²) in [6.07, 6.45) is 3.57. The van der Waals surface area contributed by atoms with Crippen molar-refractivity contribution in [3.63, 3.8) is 0 Å². The van der Waals surface area contributed by atoms with Crippen LogP contribution in [0.3, 0.4) is 0 Å². The van der Waals surface area contributed by atoms with Gasteiger partial charge in [0.15, 0.2) is 0 Å². The predicted octanol–water partition coefficient (Wildman–Crippen LogP) is 3.32. The maximum atomic E-state index is 12.6. The van der Waals surface area contributed by atoms with Crippen molar-refractivity contribution in [3.05, 3.63) is 53.8 Å². The molecular weight excluding hydrogens is 332 g/mol. The Labute approximate surface area is 153 Å². The smallest absolute Gasteiger partial charge is 0.338 e. The minimum atomic E-state index is -0.566. The number of amides is 2. The number of carbonyl (C=O) groups excluding carboxylic acids is 2. The zero-order valence-electron chi connectivity index (χ0n) is 15.2. The van der Waals surface area contributed by atoms with Crippen LogP contribution in [0.2, 0.25) is 0 Å². The summed E-state index contributed by atoms with van der Waals surface area (Å²) in [6.45, 7) is 7.89. The van der Waals surface area contributed by atoms with Gasteiger partial charge in [0.1, 0.15) is 12.4 Å². The van der Waals surface area contributed by atoms with Gasteiger partial charge >= 0.3 is 12.0 Å². The minimum absolute atomic E-state index is 0.169. The summed E-state index contributed by atoms with van der Waals surface area (Å²) >= 11 is 0. The summed E-state index contributed by atoms with van der Waals surface area (Å²) in [5.74, 6) is 0.250. The van der Waals surface area contributed by atoms with Gasteiger partial charge in [0.25, 0.3) is 0 Å². The average Bonchev–Trinajstić information content (AvgIpc) is 3.44. The third-order valence-corrected chi connectivity index (χ3v) is 4.49. The van der Waals surface area contributed by atoms with Crippen LogP contribution < -0.4 is 10.1 Å². The van der Waals surface area contributed by atoms with Crippen molar-refractivity contribution in [1.29, 1.82) is 0 Å². The van der Waals surface area contributed by atoms with Crippen molar-refractivity contribution in [2.45, 2.75) is 38.8 Å². The summed E-state index contributed by atoms with van der Waals surface area (Å²) in [6, 6.07) is 6.78. The first-order valence-corrected chi connectivity index (χ1v) is 8.88. The summed E-state index contributed by atoms with van der Waals surface area (Å²) in [5.41, 5.74) is 1.91. The number of ether oxygens (including phenoxy) is 2. The van der Waals surface area contributed by atoms with E-state index in [-0.39, 0.29) is 18.7 Å². The summed E-state index contributed by atoms with van der Waals surface area (Å²) in [5, 5.41) is 2.96. The molecule has 0 radical (unpaired) electrons. The zero-order valence-corrected chi connectivity index (χ0v) is 15.2. The molecule has 0 bridgehead atoms. The Bertz CT molecular complexity index is 752. The molecule has 3 rings (SSSR count). The molecule has 1 aromatic rings. The van der Waals surface area contributed by atoms with Crippen LogP contribution in [0.4, 0.5) is 4.79 Å². The van der Waals surface area contributed by atoms with Crippen LogP contribution in [0.25, 0.3) is 0 Å². The number of nitrogens with zero attached hydrogens (tertiary/aromatic N) is 1. The topological polar surface area (TPSA) is 67.9 Å². The lowest BCUT2D eigenvalue weighted by Crippen LogP contribution is -2.48. The average molecular weight is 356 g/mol. The van der Waals surface area contributed by atoms with Crippen LogP contribution in [0.15, 0.2) is 48.2 Å². The van der Waals surface area contributed by atoms with Crippen LogP contribution in [0.1, 0.15) is 38.3 Å². The molecule has 1 saturated carbocycles. The molecule has 1 aliphatic heterocycles. The first kappa shape index (κ1) is 18.0. The summed E-state index contributed by atoms with van der Waals surface area (Å²) in [7, 11) is 0. The molecule has 1 N–H and O–H groups in total. The molecule has 1 aliphatic carbocycles. The van der Waals surface area contributed by atoms with Crippen molar-refractivity contribution in [1.82, 2.24) is 10.2 Å². The standard InChI is InChI=1S/C20H24N2O4/c1-4-11-26-16-8-6-7-14(12-16)18-17(19(23)25-5-2)13(3)22(15-9-10-15)20(24)21-18/h4,6-8,12,15,18H,1,5,9-11H2,2-3H3,(H,21,24)/t18-/m0/s1. The molecule has 6 heteroatoms. The highest BCUT2D eigenvalue weighted by Gasteiger charge is 2.42. The molecule has 26 heavy (non-hydrogen) atoms. The Morgan fingerprint density at radius 3 is 2.85 bits per heavy atom. The number of allylic oxidation sites excluding steroid dienone is 1. The molecule has 1 aromatic carbocycles. The number of rotatable bonds is 7. The summed E-state index contributed by atoms with van der Waals surface area (Å²) < 4.78 is 10.8. The van der Waals surface area contributed by atoms with Crippen LogP contribution >= 0.6 is 0 Å². The second-order valence-corrected chi connectivity index (χ2v) is 6.38. The van der Waals surface area contributed by atoms with Crippen LogP contribution in [0, 0.1) is 0 Å². The van der Waals surface area contributed by atoms with Gasteiger partial charge in [-0.1, -0.05) is 24.8 Å². The van der Waals surface area contributed by atoms with Gasteiger partial charge < -0.3 is 14.8 Å². The Hall–Kier alpha value is -2.76. The second-order valence-electron chi connectivity index (χ2n) is 6.38. The van der Waals surface area contributed by atoms with Crippen LogP contribution in [-0.4, -0.2) is 36.2 Å². The fourth-order valence-electron chi connectivity index (χ4n) is 3.19. The lowest BCUT2D eigenvalue weighted by atomic mass is 9.94. The van der Waals surface area contributed by atoms with Gasteiger partial charge in [-0.25, -0.2) is 9.59 Å². The van der Waals surface area contributed by atoms with Gasteiger partial charge in [0.05, 0.1) is 18.2 Å². The quantitative estimate of drug-likeness (QED) is 0.601. The summed E-state index contributed by atoms with van der Waals surface area (Å²) in [4.78, 5) is 27.0. The van der Waals surface area contributed by atoms with E-state index in [1.807, 2.05) is 31.2 Å². The van der Waals surface area contributed by atoms with Gasteiger partial charge in [-0.05, 0) is 44.4 Å². The molecule has 1 fully saturated rings. The van der Waals surface area contributed by atoms with E-state index in [9.17, 15) is 9.59 Å². The van der Waals surface area contributed by atoms with Crippen LogP contribution in [0.5, 0.6) is 5.75 Å². The number of hydrogen-bond acceptors (Lipinski definition) is 4. The van der Waals surface area contributed by atoms with E-state index in [2.05, 4.69) is 11.9 Å². The van der Waals surface area contributed by atoms with E-state index in [1.54, 1.807) is 17.9 Å². The third kappa shape index (κ3) is 3.59. The zero-order chi connectivity index (χ0) is 18.7. The minimum Gasteiger partial charge on any atom is -0.490 e. The molecule has 1 atom stereocenters. The molecule has 0 saturated heterocycles. The van der Waals surface area contributed by atoms with Crippen molar-refractivity contribution in [2.75, 3.05) is 13.2 Å². The van der Waals surface area contributed by atoms with Gasteiger partial charge in [-0.15, -0.1) is 0 Å². The lowest BCUT2D eigenvalue weighted by molar-refractivity contribution is -0.139. The van der Waals surface area contributed by atoms with Gasteiger partial charge in [0, 0.05) is 11.7 Å².